The minimum absolute atomic E-state index is 0.0553. The lowest BCUT2D eigenvalue weighted by Gasteiger charge is -2.17. The summed E-state index contributed by atoms with van der Waals surface area (Å²) in [7, 11) is 1.61. The topological polar surface area (TPSA) is 104 Å². The number of carbonyl (C=O) groups excluding carboxylic acids is 2. The second-order valence-corrected chi connectivity index (χ2v) is 10.1. The summed E-state index contributed by atoms with van der Waals surface area (Å²) < 4.78 is 17.9. The Kier molecular flexibility index (Phi) is 6.12. The van der Waals surface area contributed by atoms with Gasteiger partial charge in [0.15, 0.2) is 17.3 Å². The average molecular weight is 512 g/mol. The van der Waals surface area contributed by atoms with Gasteiger partial charge in [-0.1, -0.05) is 24.3 Å². The number of hydrogen-bond donors (Lipinski definition) is 1. The maximum Gasteiger partial charge on any atom is 0.249 e. The van der Waals surface area contributed by atoms with Crippen LogP contribution in [-0.2, 0) is 11.4 Å². The van der Waals surface area contributed by atoms with Gasteiger partial charge in [0.2, 0.25) is 5.91 Å². The first-order chi connectivity index (χ1) is 18.5. The molecule has 2 aliphatic rings. The summed E-state index contributed by atoms with van der Waals surface area (Å²) in [6, 6.07) is 16.9. The van der Waals surface area contributed by atoms with E-state index in [-0.39, 0.29) is 5.41 Å². The number of pyridine rings is 1. The summed E-state index contributed by atoms with van der Waals surface area (Å²) in [5, 5.41) is 2.56. The first kappa shape index (κ1) is 24.2. The molecule has 1 saturated carbocycles. The van der Waals surface area contributed by atoms with Crippen LogP contribution in [0.4, 0.5) is 0 Å². The van der Waals surface area contributed by atoms with Gasteiger partial charge in [-0.15, -0.1) is 0 Å². The zero-order valence-electron chi connectivity index (χ0n) is 21.2. The van der Waals surface area contributed by atoms with Crippen LogP contribution in [0.3, 0.4) is 0 Å². The van der Waals surface area contributed by atoms with Crippen molar-refractivity contribution in [2.45, 2.75) is 19.4 Å². The van der Waals surface area contributed by atoms with Gasteiger partial charge in [0.05, 0.1) is 19.2 Å². The van der Waals surface area contributed by atoms with E-state index >= 15 is 0 Å². The molecule has 0 atom stereocenters. The molecule has 2 N–H and O–H groups in total. The van der Waals surface area contributed by atoms with Crippen molar-refractivity contribution in [2.75, 3.05) is 33.4 Å². The number of ketones is 1. The molecule has 3 aromatic carbocycles. The van der Waals surface area contributed by atoms with E-state index in [0.717, 1.165) is 46.6 Å². The number of nitrogens with two attached hydrogens (primary N) is 1. The van der Waals surface area contributed by atoms with Crippen LogP contribution in [0, 0.1) is 5.41 Å². The van der Waals surface area contributed by atoms with Gasteiger partial charge in [-0.2, -0.15) is 0 Å². The molecule has 6 rings (SSSR count). The normalized spacial score (nSPS) is 16.3. The van der Waals surface area contributed by atoms with E-state index in [2.05, 4.69) is 9.88 Å². The fraction of sp³-hybridized carbons (Fsp3) is 0.300. The molecule has 1 aliphatic heterocycles. The van der Waals surface area contributed by atoms with E-state index in [1.807, 2.05) is 48.5 Å². The van der Waals surface area contributed by atoms with Crippen LogP contribution in [0.5, 0.6) is 17.2 Å². The van der Waals surface area contributed by atoms with E-state index in [1.54, 1.807) is 19.4 Å². The SMILES string of the molecule is COc1cc2c(OCc3ccc4c(C(N)=O)cccc4c3)ccnc2cc1OCCN1CC(=O)C2(CC2)C1. The maximum atomic E-state index is 12.2. The van der Waals surface area contributed by atoms with E-state index in [9.17, 15) is 9.59 Å². The molecule has 1 saturated heterocycles. The number of Topliss-reactive ketones (excluding diaryl/α,β-unsaturated/α-hetero) is 1. The number of aromatic nitrogens is 1. The van der Waals surface area contributed by atoms with Crippen molar-refractivity contribution in [3.8, 4) is 17.2 Å². The van der Waals surface area contributed by atoms with Crippen LogP contribution < -0.4 is 19.9 Å². The minimum atomic E-state index is -0.446. The number of fused-ring (bicyclic) bond motifs is 2. The van der Waals surface area contributed by atoms with Crippen molar-refractivity contribution in [1.82, 2.24) is 9.88 Å². The highest BCUT2D eigenvalue weighted by Crippen LogP contribution is 2.50. The predicted molar refractivity (Wildman–Crippen MR) is 144 cm³/mol. The first-order valence-corrected chi connectivity index (χ1v) is 12.8. The Balaban J connectivity index is 1.16. The average Bonchev–Trinajstić information content (AvgIpc) is 3.64. The van der Waals surface area contributed by atoms with Crippen molar-refractivity contribution in [3.05, 3.63) is 71.9 Å². The number of hydrogen-bond acceptors (Lipinski definition) is 7. The summed E-state index contributed by atoms with van der Waals surface area (Å²) in [6.45, 7) is 2.85. The quantitative estimate of drug-likeness (QED) is 0.361. The Morgan fingerprint density at radius 1 is 1.03 bits per heavy atom. The van der Waals surface area contributed by atoms with Crippen molar-refractivity contribution < 1.29 is 23.8 Å². The number of methoxy groups -OCH3 is 1. The summed E-state index contributed by atoms with van der Waals surface area (Å²) in [4.78, 5) is 30.6. The highest BCUT2D eigenvalue weighted by atomic mass is 16.5. The molecule has 38 heavy (non-hydrogen) atoms. The lowest BCUT2D eigenvalue weighted by atomic mass is 10.0. The standard InChI is InChI=1S/C30H29N3O5/c1-36-26-14-23-24(15-27(26)37-12-11-33-16-28(34)30(18-33)8-9-30)32-10-7-25(23)38-17-19-5-6-21-20(13-19)3-2-4-22(21)29(31)35/h2-7,10,13-15H,8-9,11-12,16-18H2,1H3,(H2,31,35). The highest BCUT2D eigenvalue weighted by molar-refractivity contribution is 6.06. The maximum absolute atomic E-state index is 12.2. The molecular formula is C30H29N3O5. The molecule has 1 aliphatic carbocycles. The van der Waals surface area contributed by atoms with Gasteiger partial charge in [-0.05, 0) is 53.4 Å². The fourth-order valence-electron chi connectivity index (χ4n) is 5.30. The summed E-state index contributed by atoms with van der Waals surface area (Å²) in [5.74, 6) is 1.80. The molecular weight excluding hydrogens is 482 g/mol. The first-order valence-electron chi connectivity index (χ1n) is 12.8. The molecule has 194 valence electrons. The Bertz CT molecular complexity index is 1560. The van der Waals surface area contributed by atoms with Crippen LogP contribution in [0.2, 0.25) is 0 Å². The van der Waals surface area contributed by atoms with Gasteiger partial charge >= 0.3 is 0 Å². The highest BCUT2D eigenvalue weighted by Gasteiger charge is 2.54. The third-order valence-electron chi connectivity index (χ3n) is 7.60. The zero-order valence-corrected chi connectivity index (χ0v) is 21.2. The molecule has 0 unspecified atom stereocenters. The molecule has 1 spiro atoms. The van der Waals surface area contributed by atoms with E-state index in [4.69, 9.17) is 19.9 Å². The smallest absolute Gasteiger partial charge is 0.249 e. The van der Waals surface area contributed by atoms with Crippen molar-refractivity contribution in [2.24, 2.45) is 11.1 Å². The van der Waals surface area contributed by atoms with Gasteiger partial charge in [0, 0.05) is 41.7 Å². The minimum Gasteiger partial charge on any atom is -0.493 e. The molecule has 2 fully saturated rings. The monoisotopic (exact) mass is 511 g/mol. The largest absolute Gasteiger partial charge is 0.493 e. The van der Waals surface area contributed by atoms with Gasteiger partial charge in [-0.3, -0.25) is 19.5 Å². The van der Waals surface area contributed by atoms with Crippen LogP contribution in [0.1, 0.15) is 28.8 Å². The van der Waals surface area contributed by atoms with E-state index < -0.39 is 5.91 Å². The van der Waals surface area contributed by atoms with Crippen LogP contribution in [0.15, 0.2) is 60.8 Å². The molecule has 1 amide bonds. The lowest BCUT2D eigenvalue weighted by Crippen LogP contribution is -2.26. The molecule has 0 bridgehead atoms. The molecule has 0 radical (unpaired) electrons. The lowest BCUT2D eigenvalue weighted by molar-refractivity contribution is -0.120. The zero-order chi connectivity index (χ0) is 26.3. The molecule has 4 aromatic rings. The number of carbonyl (C=O) groups is 2. The second-order valence-electron chi connectivity index (χ2n) is 10.1. The van der Waals surface area contributed by atoms with Crippen molar-refractivity contribution in [3.63, 3.8) is 0 Å². The van der Waals surface area contributed by atoms with E-state index in [1.165, 1.54) is 0 Å². The second kappa shape index (κ2) is 9.61. The summed E-state index contributed by atoms with van der Waals surface area (Å²) in [6.07, 6.45) is 3.75. The Hall–Kier alpha value is -4.17. The Morgan fingerprint density at radius 3 is 2.66 bits per heavy atom. The van der Waals surface area contributed by atoms with Gasteiger partial charge < -0.3 is 19.9 Å². The third-order valence-corrected chi connectivity index (χ3v) is 7.60. The fourth-order valence-corrected chi connectivity index (χ4v) is 5.30. The third kappa shape index (κ3) is 4.52. The van der Waals surface area contributed by atoms with Gasteiger partial charge in [-0.25, -0.2) is 0 Å². The molecule has 2 heterocycles. The Labute approximate surface area is 220 Å². The summed E-state index contributed by atoms with van der Waals surface area (Å²) >= 11 is 0. The summed E-state index contributed by atoms with van der Waals surface area (Å²) in [5.41, 5.74) is 7.65. The number of rotatable bonds is 9. The Morgan fingerprint density at radius 2 is 1.89 bits per heavy atom. The van der Waals surface area contributed by atoms with Crippen molar-refractivity contribution >= 4 is 33.4 Å². The number of amides is 1. The molecule has 1 aromatic heterocycles. The number of likely N-dealkylation sites (tertiary alicyclic amines) is 1. The predicted octanol–water partition coefficient (Wildman–Crippen LogP) is 4.12. The van der Waals surface area contributed by atoms with Crippen LogP contribution in [-0.4, -0.2) is 54.9 Å². The number of ether oxygens (including phenoxy) is 3. The molecule has 8 heteroatoms. The van der Waals surface area contributed by atoms with Crippen LogP contribution >= 0.6 is 0 Å². The van der Waals surface area contributed by atoms with Gasteiger partial charge in [0.1, 0.15) is 19.0 Å². The number of benzene rings is 3. The van der Waals surface area contributed by atoms with Gasteiger partial charge in [0.25, 0.3) is 0 Å². The number of nitrogens with zero attached hydrogens (tertiary/aromatic N) is 2. The van der Waals surface area contributed by atoms with Crippen molar-refractivity contribution in [1.29, 1.82) is 0 Å². The van der Waals surface area contributed by atoms with Crippen LogP contribution in [0.25, 0.3) is 21.7 Å². The molecule has 8 nitrogen and oxygen atoms in total. The van der Waals surface area contributed by atoms with E-state index in [0.29, 0.717) is 54.9 Å². The number of primary amides is 1.